The van der Waals surface area contributed by atoms with Crippen molar-refractivity contribution in [3.05, 3.63) is 23.2 Å². The number of aromatic nitrogens is 2. The Labute approximate surface area is 63.7 Å². The first-order chi connectivity index (χ1) is 4.70. The van der Waals surface area contributed by atoms with E-state index in [4.69, 9.17) is 16.7 Å². The molecule has 0 amide bonds. The van der Waals surface area contributed by atoms with E-state index in [9.17, 15) is 0 Å². The Morgan fingerprint density at radius 1 is 1.70 bits per heavy atom. The Balaban J connectivity index is 2.96. The Bertz CT molecular complexity index is 227. The van der Waals surface area contributed by atoms with E-state index in [0.717, 1.165) is 0 Å². The topological polar surface area (TPSA) is 46.0 Å². The summed E-state index contributed by atoms with van der Waals surface area (Å²) in [5, 5.41) is 9.32. The second-order valence-corrected chi connectivity index (χ2v) is 2.30. The number of halogens is 1. The lowest BCUT2D eigenvalue weighted by atomic mass is 10.4. The molecule has 0 aliphatic heterocycles. The van der Waals surface area contributed by atoms with Crippen molar-refractivity contribution < 1.29 is 5.11 Å². The second-order valence-electron chi connectivity index (χ2n) is 1.91. The molecule has 1 heterocycles. The van der Waals surface area contributed by atoms with Crippen LogP contribution in [0.1, 0.15) is 18.9 Å². The van der Waals surface area contributed by atoms with Gasteiger partial charge in [0.25, 0.3) is 0 Å². The molecule has 1 atom stereocenters. The van der Waals surface area contributed by atoms with Crippen LogP contribution in [0.15, 0.2) is 12.3 Å². The van der Waals surface area contributed by atoms with Crippen LogP contribution in [0.2, 0.25) is 5.15 Å². The highest BCUT2D eigenvalue weighted by Crippen LogP contribution is 2.08. The van der Waals surface area contributed by atoms with E-state index in [-0.39, 0.29) is 0 Å². The van der Waals surface area contributed by atoms with E-state index < -0.39 is 6.10 Å². The minimum atomic E-state index is -0.654. The summed E-state index contributed by atoms with van der Waals surface area (Å²) >= 11 is 5.53. The predicted octanol–water partition coefficient (Wildman–Crippen LogP) is 1.18. The first kappa shape index (κ1) is 7.44. The molecule has 0 aromatic carbocycles. The molecule has 3 nitrogen and oxygen atoms in total. The lowest BCUT2D eigenvalue weighted by Crippen LogP contribution is -1.98. The van der Waals surface area contributed by atoms with Crippen molar-refractivity contribution in [2.24, 2.45) is 0 Å². The number of hydrogen-bond acceptors (Lipinski definition) is 3. The Kier molecular flexibility index (Phi) is 2.19. The Hall–Kier alpha value is -0.670. The molecule has 0 bridgehead atoms. The van der Waals surface area contributed by atoms with Gasteiger partial charge in [-0.05, 0) is 13.0 Å². The van der Waals surface area contributed by atoms with Crippen LogP contribution in [0.4, 0.5) is 0 Å². The molecule has 54 valence electrons. The lowest BCUT2D eigenvalue weighted by molar-refractivity contribution is 0.189. The summed E-state index contributed by atoms with van der Waals surface area (Å²) in [5.74, 6) is 0.354. The molecule has 0 spiro atoms. The SMILES string of the molecule is C[C@@H](O)c1nccc(Cl)n1. The zero-order valence-electron chi connectivity index (χ0n) is 5.45. The summed E-state index contributed by atoms with van der Waals surface area (Å²) in [4.78, 5) is 7.57. The van der Waals surface area contributed by atoms with E-state index in [1.807, 2.05) is 0 Å². The predicted molar refractivity (Wildman–Crippen MR) is 37.7 cm³/mol. The second kappa shape index (κ2) is 2.94. The van der Waals surface area contributed by atoms with Gasteiger partial charge in [0.2, 0.25) is 0 Å². The van der Waals surface area contributed by atoms with Crippen molar-refractivity contribution in [2.75, 3.05) is 0 Å². The number of rotatable bonds is 1. The fraction of sp³-hybridized carbons (Fsp3) is 0.333. The number of hydrogen-bond donors (Lipinski definition) is 1. The minimum Gasteiger partial charge on any atom is -0.385 e. The van der Waals surface area contributed by atoms with Gasteiger partial charge in [0.15, 0.2) is 5.82 Å². The minimum absolute atomic E-state index is 0.353. The molecule has 4 heteroatoms. The summed E-state index contributed by atoms with van der Waals surface area (Å²) in [6, 6.07) is 1.56. The van der Waals surface area contributed by atoms with Crippen molar-refractivity contribution in [3.63, 3.8) is 0 Å². The molecule has 0 saturated heterocycles. The monoisotopic (exact) mass is 158 g/mol. The standard InChI is InChI=1S/C6H7ClN2O/c1-4(10)6-8-3-2-5(7)9-6/h2-4,10H,1H3/t4-/m1/s1. The van der Waals surface area contributed by atoms with E-state index in [0.29, 0.717) is 11.0 Å². The summed E-state index contributed by atoms with van der Waals surface area (Å²) in [6.07, 6.45) is 0.857. The fourth-order valence-electron chi connectivity index (χ4n) is 0.552. The van der Waals surface area contributed by atoms with Gasteiger partial charge in [-0.25, -0.2) is 9.97 Å². The first-order valence-electron chi connectivity index (χ1n) is 2.86. The zero-order chi connectivity index (χ0) is 7.56. The van der Waals surface area contributed by atoms with Crippen molar-refractivity contribution in [1.82, 2.24) is 9.97 Å². The van der Waals surface area contributed by atoms with Crippen LogP contribution in [0.25, 0.3) is 0 Å². The zero-order valence-corrected chi connectivity index (χ0v) is 6.21. The molecule has 1 rings (SSSR count). The summed E-state index contributed by atoms with van der Waals surface area (Å²) in [7, 11) is 0. The van der Waals surface area contributed by atoms with E-state index >= 15 is 0 Å². The normalized spacial score (nSPS) is 13.1. The van der Waals surface area contributed by atoms with Crippen molar-refractivity contribution in [1.29, 1.82) is 0 Å². The van der Waals surface area contributed by atoms with Crippen molar-refractivity contribution >= 4 is 11.6 Å². The summed E-state index contributed by atoms with van der Waals surface area (Å²) < 4.78 is 0. The number of aliphatic hydroxyl groups is 1. The van der Waals surface area contributed by atoms with E-state index in [1.54, 1.807) is 13.0 Å². The molecular weight excluding hydrogens is 152 g/mol. The maximum absolute atomic E-state index is 8.96. The highest BCUT2D eigenvalue weighted by Gasteiger charge is 2.02. The average molecular weight is 159 g/mol. The molecule has 0 saturated carbocycles. The van der Waals surface area contributed by atoms with Crippen LogP contribution in [0, 0.1) is 0 Å². The van der Waals surface area contributed by atoms with Gasteiger partial charge in [0.1, 0.15) is 11.3 Å². The van der Waals surface area contributed by atoms with Gasteiger partial charge in [-0.1, -0.05) is 11.6 Å². The maximum Gasteiger partial charge on any atom is 0.158 e. The molecule has 1 aromatic rings. The van der Waals surface area contributed by atoms with Crippen LogP contribution in [-0.4, -0.2) is 15.1 Å². The van der Waals surface area contributed by atoms with Crippen molar-refractivity contribution in [3.8, 4) is 0 Å². The van der Waals surface area contributed by atoms with Crippen LogP contribution in [0.3, 0.4) is 0 Å². The lowest BCUT2D eigenvalue weighted by Gasteiger charge is -2.00. The van der Waals surface area contributed by atoms with E-state index in [1.165, 1.54) is 6.20 Å². The molecule has 0 aliphatic carbocycles. The highest BCUT2D eigenvalue weighted by atomic mass is 35.5. The largest absolute Gasteiger partial charge is 0.385 e. The van der Waals surface area contributed by atoms with E-state index in [2.05, 4.69) is 9.97 Å². The summed E-state index contributed by atoms with van der Waals surface area (Å²) in [5.41, 5.74) is 0. The fourth-order valence-corrected chi connectivity index (χ4v) is 0.695. The molecule has 10 heavy (non-hydrogen) atoms. The maximum atomic E-state index is 8.96. The van der Waals surface area contributed by atoms with Gasteiger partial charge < -0.3 is 5.11 Å². The van der Waals surface area contributed by atoms with Crippen molar-refractivity contribution in [2.45, 2.75) is 13.0 Å². The van der Waals surface area contributed by atoms with Gasteiger partial charge in [0.05, 0.1) is 0 Å². The summed E-state index contributed by atoms with van der Waals surface area (Å²) in [6.45, 7) is 1.59. The van der Waals surface area contributed by atoms with Gasteiger partial charge >= 0.3 is 0 Å². The first-order valence-corrected chi connectivity index (χ1v) is 3.24. The average Bonchev–Trinajstić information content (AvgIpc) is 1.88. The number of aliphatic hydroxyl groups excluding tert-OH is 1. The molecule has 0 aliphatic rings. The quantitative estimate of drug-likeness (QED) is 0.625. The molecule has 0 radical (unpaired) electrons. The van der Waals surface area contributed by atoms with Gasteiger partial charge in [-0.15, -0.1) is 0 Å². The smallest absolute Gasteiger partial charge is 0.158 e. The Morgan fingerprint density at radius 3 is 2.80 bits per heavy atom. The van der Waals surface area contributed by atoms with Gasteiger partial charge in [-0.3, -0.25) is 0 Å². The van der Waals surface area contributed by atoms with Crippen LogP contribution in [0.5, 0.6) is 0 Å². The highest BCUT2D eigenvalue weighted by molar-refractivity contribution is 6.29. The van der Waals surface area contributed by atoms with Gasteiger partial charge in [0, 0.05) is 6.20 Å². The van der Waals surface area contributed by atoms with Crippen LogP contribution in [-0.2, 0) is 0 Å². The molecular formula is C6H7ClN2O. The third-order valence-corrected chi connectivity index (χ3v) is 1.22. The van der Waals surface area contributed by atoms with Crippen LogP contribution >= 0.6 is 11.6 Å². The third-order valence-electron chi connectivity index (χ3n) is 1.01. The molecule has 1 N–H and O–H groups in total. The Morgan fingerprint density at radius 2 is 2.40 bits per heavy atom. The van der Waals surface area contributed by atoms with Crippen LogP contribution < -0.4 is 0 Å². The third kappa shape index (κ3) is 1.65. The molecule has 1 aromatic heterocycles. The molecule has 0 unspecified atom stereocenters. The molecule has 0 fully saturated rings. The van der Waals surface area contributed by atoms with Gasteiger partial charge in [-0.2, -0.15) is 0 Å². The number of nitrogens with zero attached hydrogens (tertiary/aromatic N) is 2.